The number of fused-ring (bicyclic) bond motifs is 1. The Kier molecular flexibility index (Phi) is 6.60. The van der Waals surface area contributed by atoms with Gasteiger partial charge >= 0.3 is 5.69 Å². The fourth-order valence-corrected chi connectivity index (χ4v) is 3.56. The minimum Gasteiger partial charge on any atom is -0.507 e. The van der Waals surface area contributed by atoms with Crippen LogP contribution < -0.4 is 15.4 Å². The van der Waals surface area contributed by atoms with Crippen molar-refractivity contribution in [3.05, 3.63) is 75.8 Å². The monoisotopic (exact) mass is 492 g/mol. The number of hydrogen-bond acceptors (Lipinski definition) is 8. The highest BCUT2D eigenvalue weighted by Gasteiger charge is 2.19. The number of aromatic hydroxyl groups is 1. The van der Waals surface area contributed by atoms with Gasteiger partial charge in [0.2, 0.25) is 5.89 Å². The van der Waals surface area contributed by atoms with E-state index in [1.807, 2.05) is 25.1 Å². The third-order valence-corrected chi connectivity index (χ3v) is 5.18. The van der Waals surface area contributed by atoms with Crippen molar-refractivity contribution in [1.29, 1.82) is 0 Å². The van der Waals surface area contributed by atoms with Crippen molar-refractivity contribution in [2.75, 3.05) is 11.9 Å². The van der Waals surface area contributed by atoms with Crippen LogP contribution in [0.2, 0.25) is 0 Å². The summed E-state index contributed by atoms with van der Waals surface area (Å²) in [5, 5.41) is 26.9. The van der Waals surface area contributed by atoms with E-state index < -0.39 is 10.8 Å². The second-order valence-electron chi connectivity index (χ2n) is 7.50. The van der Waals surface area contributed by atoms with E-state index in [1.54, 1.807) is 19.1 Å². The molecule has 3 aromatic carbocycles. The molecule has 4 aromatic rings. The molecule has 1 aromatic heterocycles. The lowest BCUT2D eigenvalue weighted by molar-refractivity contribution is -0.385. The van der Waals surface area contributed by atoms with Crippen molar-refractivity contribution in [3.63, 3.8) is 0 Å². The Labute approximate surface area is 204 Å². The molecule has 0 fully saturated rings. The number of aryl methyl sites for hydroxylation is 1. The van der Waals surface area contributed by atoms with E-state index in [9.17, 15) is 20.0 Å². The molecule has 3 N–H and O–H groups in total. The first-order valence-electron chi connectivity index (χ1n) is 10.5. The molecule has 35 heavy (non-hydrogen) atoms. The Morgan fingerprint density at radius 2 is 2.00 bits per heavy atom. The molecule has 0 saturated heterocycles. The zero-order valence-electron chi connectivity index (χ0n) is 18.7. The number of phenolic OH excluding ortho intramolecular Hbond substituents is 1. The van der Waals surface area contributed by atoms with Crippen LogP contribution in [-0.4, -0.2) is 32.6 Å². The van der Waals surface area contributed by atoms with Gasteiger partial charge in [0.05, 0.1) is 17.1 Å². The van der Waals surface area contributed by atoms with E-state index in [0.29, 0.717) is 22.4 Å². The van der Waals surface area contributed by atoms with Gasteiger partial charge in [0.25, 0.3) is 5.91 Å². The largest absolute Gasteiger partial charge is 0.507 e. The maximum atomic E-state index is 12.6. The average molecular weight is 493 g/mol. The molecule has 0 atom stereocenters. The number of oxazole rings is 1. The lowest BCUT2D eigenvalue weighted by atomic mass is 10.1. The SMILES string of the molecule is CCOc1ccc(C(=O)NC(=S)Nc2ccc(O)c(-c3nc4ccc(C)cc4o3)c2)cc1[N+](=O)[O-]. The predicted molar refractivity (Wildman–Crippen MR) is 134 cm³/mol. The van der Waals surface area contributed by atoms with Crippen molar-refractivity contribution < 1.29 is 24.0 Å². The molecule has 4 rings (SSSR count). The highest BCUT2D eigenvalue weighted by molar-refractivity contribution is 7.80. The maximum Gasteiger partial charge on any atom is 0.311 e. The van der Waals surface area contributed by atoms with Gasteiger partial charge in [0.1, 0.15) is 11.3 Å². The number of benzene rings is 3. The molecule has 0 aliphatic heterocycles. The Hall–Kier alpha value is -4.51. The highest BCUT2D eigenvalue weighted by Crippen LogP contribution is 2.33. The van der Waals surface area contributed by atoms with Crippen molar-refractivity contribution in [2.24, 2.45) is 0 Å². The van der Waals surface area contributed by atoms with Crippen molar-refractivity contribution >= 4 is 45.7 Å². The number of rotatable bonds is 6. The zero-order valence-corrected chi connectivity index (χ0v) is 19.5. The first-order valence-corrected chi connectivity index (χ1v) is 10.9. The summed E-state index contributed by atoms with van der Waals surface area (Å²) in [6.07, 6.45) is 0. The van der Waals surface area contributed by atoms with Crippen LogP contribution in [0.4, 0.5) is 11.4 Å². The fourth-order valence-electron chi connectivity index (χ4n) is 3.35. The molecule has 0 radical (unpaired) electrons. The third kappa shape index (κ3) is 5.20. The first kappa shape index (κ1) is 23.6. The Morgan fingerprint density at radius 1 is 1.20 bits per heavy atom. The number of nitro benzene ring substituents is 1. The Morgan fingerprint density at radius 3 is 2.74 bits per heavy atom. The Bertz CT molecular complexity index is 1470. The predicted octanol–water partition coefficient (Wildman–Crippen LogP) is 4.94. The van der Waals surface area contributed by atoms with Crippen molar-refractivity contribution in [1.82, 2.24) is 10.3 Å². The van der Waals surface area contributed by atoms with Crippen molar-refractivity contribution in [3.8, 4) is 23.0 Å². The number of ether oxygens (including phenoxy) is 1. The summed E-state index contributed by atoms with van der Waals surface area (Å²) < 4.78 is 11.0. The molecule has 0 aliphatic rings. The van der Waals surface area contributed by atoms with E-state index in [2.05, 4.69) is 15.6 Å². The van der Waals surface area contributed by atoms with Crippen LogP contribution in [0.25, 0.3) is 22.6 Å². The number of anilines is 1. The number of nitrogens with zero attached hydrogens (tertiary/aromatic N) is 2. The smallest absolute Gasteiger partial charge is 0.311 e. The molecule has 0 spiro atoms. The number of amides is 1. The van der Waals surface area contributed by atoms with Crippen LogP contribution in [0, 0.1) is 17.0 Å². The molecular weight excluding hydrogens is 472 g/mol. The van der Waals surface area contributed by atoms with E-state index in [0.717, 1.165) is 11.6 Å². The van der Waals surface area contributed by atoms with Crippen LogP contribution in [-0.2, 0) is 0 Å². The number of nitro groups is 1. The zero-order chi connectivity index (χ0) is 25.1. The molecule has 1 heterocycles. The van der Waals surface area contributed by atoms with Gasteiger partial charge in [0.15, 0.2) is 16.4 Å². The highest BCUT2D eigenvalue weighted by atomic mass is 32.1. The van der Waals surface area contributed by atoms with Gasteiger partial charge in [-0.1, -0.05) is 6.07 Å². The Balaban J connectivity index is 1.51. The van der Waals surface area contributed by atoms with E-state index in [1.165, 1.54) is 18.2 Å². The van der Waals surface area contributed by atoms with Gasteiger partial charge in [-0.05, 0) is 74.1 Å². The summed E-state index contributed by atoms with van der Waals surface area (Å²) in [5.74, 6) is -0.387. The number of thiocarbonyl (C=S) groups is 1. The van der Waals surface area contributed by atoms with Gasteiger partial charge in [-0.3, -0.25) is 20.2 Å². The summed E-state index contributed by atoms with van der Waals surface area (Å²) in [4.78, 5) is 27.7. The summed E-state index contributed by atoms with van der Waals surface area (Å²) in [7, 11) is 0. The van der Waals surface area contributed by atoms with Crippen LogP contribution in [0.15, 0.2) is 59.0 Å². The molecule has 0 aliphatic carbocycles. The minimum atomic E-state index is -0.637. The number of carbonyl (C=O) groups excluding carboxylic acids is 1. The number of hydrogen-bond donors (Lipinski definition) is 3. The quantitative estimate of drug-likeness (QED) is 0.148. The summed E-state index contributed by atoms with van der Waals surface area (Å²) in [6, 6.07) is 14.1. The lowest BCUT2D eigenvalue weighted by Gasteiger charge is -2.11. The summed E-state index contributed by atoms with van der Waals surface area (Å²) >= 11 is 5.22. The van der Waals surface area contributed by atoms with E-state index in [-0.39, 0.29) is 40.4 Å². The van der Waals surface area contributed by atoms with Gasteiger partial charge < -0.3 is 19.6 Å². The van der Waals surface area contributed by atoms with Gasteiger partial charge in [-0.25, -0.2) is 4.98 Å². The summed E-state index contributed by atoms with van der Waals surface area (Å²) in [5.41, 5.74) is 2.76. The second-order valence-corrected chi connectivity index (χ2v) is 7.91. The van der Waals surface area contributed by atoms with Crippen LogP contribution in [0.5, 0.6) is 11.5 Å². The molecule has 1 amide bonds. The molecule has 11 heteroatoms. The second kappa shape index (κ2) is 9.77. The maximum absolute atomic E-state index is 12.6. The minimum absolute atomic E-state index is 0.0393. The van der Waals surface area contributed by atoms with Gasteiger partial charge in [0, 0.05) is 17.3 Å². The molecule has 178 valence electrons. The molecule has 10 nitrogen and oxygen atoms in total. The molecule has 0 unspecified atom stereocenters. The average Bonchev–Trinajstić information content (AvgIpc) is 3.23. The topological polar surface area (TPSA) is 140 Å². The van der Waals surface area contributed by atoms with Gasteiger partial charge in [-0.15, -0.1) is 0 Å². The molecular formula is C24H20N4O6S. The molecule has 0 saturated carbocycles. The fraction of sp³-hybridized carbons (Fsp3) is 0.125. The van der Waals surface area contributed by atoms with Crippen LogP contribution >= 0.6 is 12.2 Å². The third-order valence-electron chi connectivity index (χ3n) is 4.97. The lowest BCUT2D eigenvalue weighted by Crippen LogP contribution is -2.34. The van der Waals surface area contributed by atoms with E-state index in [4.69, 9.17) is 21.4 Å². The number of carbonyl (C=O) groups is 1. The van der Waals surface area contributed by atoms with Crippen molar-refractivity contribution in [2.45, 2.75) is 13.8 Å². The van der Waals surface area contributed by atoms with Crippen LogP contribution in [0.3, 0.4) is 0 Å². The standard InChI is InChI=1S/C24H20N4O6S/c1-3-33-20-9-5-14(11-18(20)28(31)32)22(30)27-24(35)25-15-6-8-19(29)16(12-15)23-26-17-7-4-13(2)10-21(17)34-23/h4-12,29H,3H2,1-2H3,(H2,25,27,30,35). The first-order chi connectivity index (χ1) is 16.7. The number of aromatic nitrogens is 1. The number of phenols is 1. The number of nitrogens with one attached hydrogen (secondary N) is 2. The van der Waals surface area contributed by atoms with Crippen LogP contribution in [0.1, 0.15) is 22.8 Å². The normalized spacial score (nSPS) is 10.7. The summed E-state index contributed by atoms with van der Waals surface area (Å²) in [6.45, 7) is 3.89. The molecule has 0 bridgehead atoms. The van der Waals surface area contributed by atoms with E-state index >= 15 is 0 Å². The van der Waals surface area contributed by atoms with Gasteiger partial charge in [-0.2, -0.15) is 0 Å².